The van der Waals surface area contributed by atoms with Crippen LogP contribution < -0.4 is 16.0 Å². The number of allylic oxidation sites excluding steroid dienone is 12. The van der Waals surface area contributed by atoms with E-state index in [4.69, 9.17) is 0 Å². The summed E-state index contributed by atoms with van der Waals surface area (Å²) in [5.41, 5.74) is 6.38. The molecule has 4 aliphatic rings. The Kier molecular flexibility index (Phi) is 2.75. The Balaban J connectivity index is 1.84. The van der Waals surface area contributed by atoms with Gasteiger partial charge < -0.3 is 16.0 Å². The molecule has 0 fully saturated rings. The van der Waals surface area contributed by atoms with Crippen LogP contribution in [0.5, 0.6) is 0 Å². The molecule has 0 atom stereocenters. The third-order valence-corrected chi connectivity index (χ3v) is 3.45. The van der Waals surface area contributed by atoms with Crippen molar-refractivity contribution in [3.05, 3.63) is 107 Å². The average Bonchev–Trinajstić information content (AvgIpc) is 2.47. The molecule has 0 aromatic rings. The van der Waals surface area contributed by atoms with E-state index in [0.29, 0.717) is 0 Å². The van der Waals surface area contributed by atoms with E-state index in [9.17, 15) is 0 Å². The second-order valence-electron chi connectivity index (χ2n) is 5.12. The van der Waals surface area contributed by atoms with Crippen molar-refractivity contribution in [2.75, 3.05) is 0 Å². The quantitative estimate of drug-likeness (QED) is 0.635. The first kappa shape index (κ1) is 11.9. The monoisotopic (exact) mass is 273 g/mol. The summed E-state index contributed by atoms with van der Waals surface area (Å²) in [7, 11) is 0. The largest absolute Gasteiger partial charge is 0.355 e. The first-order valence-electron chi connectivity index (χ1n) is 6.96. The molecule has 6 bridgehead atoms. The topological polar surface area (TPSA) is 36.1 Å². The van der Waals surface area contributed by atoms with Gasteiger partial charge in [0.15, 0.2) is 0 Å². The van der Waals surface area contributed by atoms with Gasteiger partial charge in [0, 0.05) is 34.2 Å². The second-order valence-corrected chi connectivity index (χ2v) is 5.12. The fraction of sp³-hybridized carbons (Fsp3) is 0. The van der Waals surface area contributed by atoms with Crippen LogP contribution in [-0.2, 0) is 0 Å². The highest BCUT2D eigenvalue weighted by atomic mass is 15.0. The van der Waals surface area contributed by atoms with E-state index in [1.54, 1.807) is 0 Å². The number of fused-ring (bicyclic) bond motifs is 6. The summed E-state index contributed by atoms with van der Waals surface area (Å²) in [6.45, 7) is 0. The number of dihydropyridines is 3. The van der Waals surface area contributed by atoms with E-state index in [0.717, 1.165) is 34.2 Å². The van der Waals surface area contributed by atoms with Crippen LogP contribution in [0.4, 0.5) is 0 Å². The van der Waals surface area contributed by atoms with Gasteiger partial charge in [-0.3, -0.25) is 0 Å². The molecule has 0 aromatic heterocycles. The maximum atomic E-state index is 3.42. The Morgan fingerprint density at radius 3 is 1.10 bits per heavy atom. The molecule has 0 saturated carbocycles. The normalized spacial score (nSPS) is 21.7. The number of hydrogen-bond donors (Lipinski definition) is 3. The molecule has 3 N–H and O–H groups in total. The predicted molar refractivity (Wildman–Crippen MR) is 85.3 cm³/mol. The number of rotatable bonds is 0. The highest BCUT2D eigenvalue weighted by molar-refractivity contribution is 5.49. The van der Waals surface area contributed by atoms with Gasteiger partial charge in [-0.15, -0.1) is 0 Å². The minimum absolute atomic E-state index is 1.06. The van der Waals surface area contributed by atoms with Gasteiger partial charge >= 0.3 is 0 Å². The van der Waals surface area contributed by atoms with Gasteiger partial charge in [0.2, 0.25) is 0 Å². The van der Waals surface area contributed by atoms with E-state index in [2.05, 4.69) is 88.9 Å². The highest BCUT2D eigenvalue weighted by Gasteiger charge is 2.09. The summed E-state index contributed by atoms with van der Waals surface area (Å²) in [6, 6.07) is 0. The van der Waals surface area contributed by atoms with Crippen molar-refractivity contribution in [2.45, 2.75) is 0 Å². The minimum Gasteiger partial charge on any atom is -0.355 e. The SMILES string of the molecule is C1=CC2=CC3=CC=CC(=CC4=CC=CC(=CC(=C1)N2)N4)N3. The van der Waals surface area contributed by atoms with Crippen LogP contribution in [-0.4, -0.2) is 0 Å². The molecule has 21 heavy (non-hydrogen) atoms. The fourth-order valence-electron chi connectivity index (χ4n) is 2.52. The van der Waals surface area contributed by atoms with Gasteiger partial charge in [-0.05, 0) is 54.7 Å². The van der Waals surface area contributed by atoms with E-state index in [-0.39, 0.29) is 0 Å². The Bertz CT molecular complexity index is 658. The standard InChI is InChI=1S/C18H15N3/c1-4-13-10-15-6-2-8-17(20-15)12-18-9-3-7-16(21-18)11-14(5-1)19-13/h1-12,19-21H. The molecule has 4 aliphatic heterocycles. The van der Waals surface area contributed by atoms with Gasteiger partial charge in [-0.1, -0.05) is 18.2 Å². The molecule has 102 valence electrons. The highest BCUT2D eigenvalue weighted by Crippen LogP contribution is 2.17. The molecule has 4 heterocycles. The van der Waals surface area contributed by atoms with Crippen LogP contribution in [0, 0.1) is 0 Å². The Morgan fingerprint density at radius 2 is 0.762 bits per heavy atom. The molecule has 0 aromatic carbocycles. The Hall–Kier alpha value is -2.94. The first-order valence-corrected chi connectivity index (χ1v) is 6.96. The second kappa shape index (κ2) is 4.87. The van der Waals surface area contributed by atoms with Crippen molar-refractivity contribution in [3.63, 3.8) is 0 Å². The molecule has 0 aliphatic carbocycles. The van der Waals surface area contributed by atoms with Gasteiger partial charge in [-0.25, -0.2) is 0 Å². The molecule has 3 nitrogen and oxygen atoms in total. The van der Waals surface area contributed by atoms with Gasteiger partial charge in [0.1, 0.15) is 0 Å². The van der Waals surface area contributed by atoms with Crippen molar-refractivity contribution in [2.24, 2.45) is 0 Å². The van der Waals surface area contributed by atoms with Crippen molar-refractivity contribution in [1.29, 1.82) is 0 Å². The summed E-state index contributed by atoms with van der Waals surface area (Å²) in [4.78, 5) is 0. The van der Waals surface area contributed by atoms with Gasteiger partial charge in [-0.2, -0.15) is 0 Å². The first-order chi connectivity index (χ1) is 10.3. The molecular weight excluding hydrogens is 258 g/mol. The van der Waals surface area contributed by atoms with Crippen molar-refractivity contribution in [1.82, 2.24) is 16.0 Å². The summed E-state index contributed by atoms with van der Waals surface area (Å²) >= 11 is 0. The summed E-state index contributed by atoms with van der Waals surface area (Å²) < 4.78 is 0. The average molecular weight is 273 g/mol. The molecule has 0 saturated heterocycles. The van der Waals surface area contributed by atoms with Crippen LogP contribution in [0.1, 0.15) is 0 Å². The van der Waals surface area contributed by atoms with Crippen molar-refractivity contribution in [3.8, 4) is 0 Å². The third kappa shape index (κ3) is 2.54. The number of hydrogen-bond acceptors (Lipinski definition) is 3. The number of nitrogens with one attached hydrogen (secondary N) is 3. The van der Waals surface area contributed by atoms with Gasteiger partial charge in [0.25, 0.3) is 0 Å². The molecule has 4 rings (SSSR count). The third-order valence-electron chi connectivity index (χ3n) is 3.45. The van der Waals surface area contributed by atoms with Crippen LogP contribution in [0.3, 0.4) is 0 Å². The van der Waals surface area contributed by atoms with Crippen LogP contribution in [0.15, 0.2) is 107 Å². The zero-order chi connectivity index (χ0) is 14.1. The van der Waals surface area contributed by atoms with Crippen LogP contribution in [0.25, 0.3) is 0 Å². The Labute approximate surface area is 123 Å². The smallest absolute Gasteiger partial charge is 0.0405 e. The lowest BCUT2D eigenvalue weighted by Gasteiger charge is -2.20. The van der Waals surface area contributed by atoms with Crippen molar-refractivity contribution >= 4 is 0 Å². The molecular formula is C18H15N3. The van der Waals surface area contributed by atoms with Crippen LogP contribution in [0.2, 0.25) is 0 Å². The molecule has 0 amide bonds. The molecule has 0 radical (unpaired) electrons. The summed E-state index contributed by atoms with van der Waals surface area (Å²) in [5, 5.41) is 10.3. The van der Waals surface area contributed by atoms with E-state index >= 15 is 0 Å². The lowest BCUT2D eigenvalue weighted by molar-refractivity contribution is 0.948. The van der Waals surface area contributed by atoms with Crippen molar-refractivity contribution < 1.29 is 0 Å². The molecule has 0 unspecified atom stereocenters. The summed E-state index contributed by atoms with van der Waals surface area (Å²) in [6.07, 6.45) is 24.9. The van der Waals surface area contributed by atoms with E-state index in [1.807, 2.05) is 0 Å². The van der Waals surface area contributed by atoms with E-state index < -0.39 is 0 Å². The maximum absolute atomic E-state index is 3.42. The lowest BCUT2D eigenvalue weighted by Crippen LogP contribution is -2.21. The Morgan fingerprint density at radius 1 is 0.429 bits per heavy atom. The molecule has 3 heteroatoms. The zero-order valence-electron chi connectivity index (χ0n) is 11.4. The van der Waals surface area contributed by atoms with E-state index in [1.165, 1.54) is 0 Å². The summed E-state index contributed by atoms with van der Waals surface area (Å²) in [5.74, 6) is 0. The fourth-order valence-corrected chi connectivity index (χ4v) is 2.52. The minimum atomic E-state index is 1.06. The van der Waals surface area contributed by atoms with Crippen LogP contribution >= 0.6 is 0 Å². The predicted octanol–water partition coefficient (Wildman–Crippen LogP) is 2.78. The van der Waals surface area contributed by atoms with Gasteiger partial charge in [0.05, 0.1) is 0 Å². The molecule has 0 spiro atoms. The maximum Gasteiger partial charge on any atom is 0.0405 e. The lowest BCUT2D eigenvalue weighted by atomic mass is 10.1. The zero-order valence-corrected chi connectivity index (χ0v) is 11.4.